The summed E-state index contributed by atoms with van der Waals surface area (Å²) in [7, 11) is 0. The number of nitrogens with two attached hydrogens (primary N) is 2. The molecule has 3 rings (SSSR count). The van der Waals surface area contributed by atoms with Crippen molar-refractivity contribution in [2.45, 2.75) is 50.4 Å². The van der Waals surface area contributed by atoms with Gasteiger partial charge in [-0.1, -0.05) is 30.3 Å². The van der Waals surface area contributed by atoms with E-state index in [1.807, 2.05) is 6.07 Å². The minimum Gasteiger partial charge on any atom is -0.480 e. The Hall–Kier alpha value is -3.80. The van der Waals surface area contributed by atoms with Crippen molar-refractivity contribution in [2.24, 2.45) is 11.5 Å². The molecule has 0 fully saturated rings. The zero-order valence-corrected chi connectivity index (χ0v) is 19.8. The second-order valence-electron chi connectivity index (χ2n) is 8.72. The third kappa shape index (κ3) is 6.87. The van der Waals surface area contributed by atoms with E-state index < -0.39 is 48.0 Å². The molecule has 0 unspecified atom stereocenters. The van der Waals surface area contributed by atoms with Crippen LogP contribution in [-0.4, -0.2) is 64.7 Å². The van der Waals surface area contributed by atoms with E-state index in [2.05, 4.69) is 10.6 Å². The Kier molecular flexibility index (Phi) is 8.75. The van der Waals surface area contributed by atoms with Crippen LogP contribution in [-0.2, 0) is 32.0 Å². The quantitative estimate of drug-likeness (QED) is 0.232. The lowest BCUT2D eigenvalue weighted by atomic mass is 9.96. The van der Waals surface area contributed by atoms with Gasteiger partial charge in [0, 0.05) is 32.7 Å². The van der Waals surface area contributed by atoms with Crippen LogP contribution in [0.25, 0.3) is 11.1 Å². The summed E-state index contributed by atoms with van der Waals surface area (Å²) in [4.78, 5) is 49.4. The number of carbonyl (C=O) groups excluding carboxylic acids is 3. The van der Waals surface area contributed by atoms with Crippen LogP contribution >= 0.6 is 0 Å². The van der Waals surface area contributed by atoms with Crippen LogP contribution in [0.2, 0.25) is 0 Å². The van der Waals surface area contributed by atoms with Gasteiger partial charge in [-0.2, -0.15) is 0 Å². The Labute approximate surface area is 207 Å². The summed E-state index contributed by atoms with van der Waals surface area (Å²) in [5.74, 6) is -3.05. The number of ether oxygens (including phenoxy) is 1. The van der Waals surface area contributed by atoms with Crippen molar-refractivity contribution in [3.05, 3.63) is 53.6 Å². The molecule has 0 saturated carbocycles. The lowest BCUT2D eigenvalue weighted by Crippen LogP contribution is -2.56. The first kappa shape index (κ1) is 26.8. The minimum atomic E-state index is -1.29. The number of benzene rings is 2. The standard InChI is InChI=1S/C25H30N4O7/c1-13(30)36-22-6-5-16-9-17(22)10-19(27)23(32)28-20(11-18(31)12-26)24(33)29-21(25(34)35)8-14-3-2-4-15(16)7-14/h2-7,9,18-21,31H,8,10-12,26-27H2,1H3,(H,28,32)(H,29,33)(H,34,35)/t18-,19+,20+,21+/m1/s1. The summed E-state index contributed by atoms with van der Waals surface area (Å²) in [6.07, 6.45) is -1.40. The maximum Gasteiger partial charge on any atom is 0.326 e. The zero-order chi connectivity index (χ0) is 26.4. The maximum absolute atomic E-state index is 13.0. The van der Waals surface area contributed by atoms with Crippen LogP contribution in [0.5, 0.6) is 5.75 Å². The molecule has 2 aromatic rings. The molecule has 1 heterocycles. The van der Waals surface area contributed by atoms with Crippen molar-refractivity contribution in [1.29, 1.82) is 0 Å². The fourth-order valence-electron chi connectivity index (χ4n) is 3.97. The molecular formula is C25H30N4O7. The highest BCUT2D eigenvalue weighted by Gasteiger charge is 2.30. The number of esters is 1. The second kappa shape index (κ2) is 11.8. The van der Waals surface area contributed by atoms with Crippen molar-refractivity contribution in [3.63, 3.8) is 0 Å². The summed E-state index contributed by atoms with van der Waals surface area (Å²) in [6.45, 7) is 1.09. The molecule has 11 nitrogen and oxygen atoms in total. The molecule has 0 radical (unpaired) electrons. The van der Waals surface area contributed by atoms with E-state index in [-0.39, 0.29) is 31.6 Å². The van der Waals surface area contributed by atoms with Gasteiger partial charge in [0.2, 0.25) is 11.8 Å². The largest absolute Gasteiger partial charge is 0.480 e. The van der Waals surface area contributed by atoms with Gasteiger partial charge < -0.3 is 37.1 Å². The van der Waals surface area contributed by atoms with Gasteiger partial charge in [0.05, 0.1) is 12.1 Å². The van der Waals surface area contributed by atoms with Gasteiger partial charge in [-0.15, -0.1) is 0 Å². The Morgan fingerprint density at radius 1 is 1.08 bits per heavy atom. The van der Waals surface area contributed by atoms with E-state index in [4.69, 9.17) is 16.2 Å². The van der Waals surface area contributed by atoms with Gasteiger partial charge in [-0.05, 0) is 34.4 Å². The fourth-order valence-corrected chi connectivity index (χ4v) is 3.97. The SMILES string of the molecule is CC(=O)Oc1ccc2cc1C[C@H](N)C(=O)N[C@@H](C[C@@H](O)CN)C(=O)N[C@H](C(=O)O)Cc1cccc-2c1. The Bertz CT molecular complexity index is 1150. The monoisotopic (exact) mass is 498 g/mol. The van der Waals surface area contributed by atoms with E-state index in [9.17, 15) is 29.4 Å². The van der Waals surface area contributed by atoms with E-state index in [0.717, 1.165) is 11.1 Å². The molecule has 2 amide bonds. The number of aliphatic carboxylic acids is 1. The highest BCUT2D eigenvalue weighted by atomic mass is 16.5. The van der Waals surface area contributed by atoms with E-state index in [0.29, 0.717) is 11.1 Å². The van der Waals surface area contributed by atoms with Gasteiger partial charge in [0.25, 0.3) is 0 Å². The number of rotatable bonds is 5. The van der Waals surface area contributed by atoms with Crippen molar-refractivity contribution < 1.29 is 34.1 Å². The summed E-state index contributed by atoms with van der Waals surface area (Å²) in [5, 5.41) is 24.7. The highest BCUT2D eigenvalue weighted by Crippen LogP contribution is 2.29. The Morgan fingerprint density at radius 2 is 1.81 bits per heavy atom. The Morgan fingerprint density at radius 3 is 2.47 bits per heavy atom. The van der Waals surface area contributed by atoms with Crippen LogP contribution < -0.4 is 26.8 Å². The maximum atomic E-state index is 13.0. The molecular weight excluding hydrogens is 468 g/mol. The first-order valence-corrected chi connectivity index (χ1v) is 11.4. The molecule has 11 heteroatoms. The molecule has 0 saturated heterocycles. The third-order valence-corrected chi connectivity index (χ3v) is 5.82. The number of nitrogens with one attached hydrogen (secondary N) is 2. The van der Waals surface area contributed by atoms with Gasteiger partial charge in [0.1, 0.15) is 17.8 Å². The summed E-state index contributed by atoms with van der Waals surface area (Å²) >= 11 is 0. The van der Waals surface area contributed by atoms with Crippen LogP contribution in [0.4, 0.5) is 0 Å². The molecule has 0 aromatic heterocycles. The number of carboxylic acid groups (broad SMARTS) is 1. The second-order valence-corrected chi connectivity index (χ2v) is 8.72. The highest BCUT2D eigenvalue weighted by molar-refractivity contribution is 5.92. The van der Waals surface area contributed by atoms with Gasteiger partial charge in [0.15, 0.2) is 0 Å². The van der Waals surface area contributed by atoms with E-state index >= 15 is 0 Å². The third-order valence-electron chi connectivity index (χ3n) is 5.82. The predicted molar refractivity (Wildman–Crippen MR) is 130 cm³/mol. The lowest BCUT2D eigenvalue weighted by Gasteiger charge is -2.24. The lowest BCUT2D eigenvalue weighted by molar-refractivity contribution is -0.142. The number of amides is 2. The topological polar surface area (TPSA) is 194 Å². The number of hydrogen-bond donors (Lipinski definition) is 6. The molecule has 8 N–H and O–H groups in total. The molecule has 1 aliphatic rings. The number of fused-ring (bicyclic) bond motifs is 5. The van der Waals surface area contributed by atoms with Crippen LogP contribution in [0.1, 0.15) is 24.5 Å². The Balaban J connectivity index is 2.09. The van der Waals surface area contributed by atoms with Gasteiger partial charge >= 0.3 is 11.9 Å². The number of carboxylic acids is 1. The summed E-state index contributed by atoms with van der Waals surface area (Å²) in [5.41, 5.74) is 14.3. The minimum absolute atomic E-state index is 0.0203. The molecule has 36 heavy (non-hydrogen) atoms. The van der Waals surface area contributed by atoms with Crippen molar-refractivity contribution in [3.8, 4) is 16.9 Å². The fraction of sp³-hybridized carbons (Fsp3) is 0.360. The first-order valence-electron chi connectivity index (χ1n) is 11.4. The average Bonchev–Trinajstić information content (AvgIpc) is 2.83. The normalized spacial score (nSPS) is 21.3. The number of aliphatic hydroxyl groups excluding tert-OH is 1. The summed E-state index contributed by atoms with van der Waals surface area (Å²) in [6, 6.07) is 8.51. The van der Waals surface area contributed by atoms with Crippen molar-refractivity contribution in [2.75, 3.05) is 6.54 Å². The molecule has 192 valence electrons. The van der Waals surface area contributed by atoms with E-state index in [1.54, 1.807) is 36.4 Å². The molecule has 4 bridgehead atoms. The van der Waals surface area contributed by atoms with Crippen LogP contribution in [0.3, 0.4) is 0 Å². The molecule has 4 atom stereocenters. The molecule has 0 spiro atoms. The molecule has 0 aliphatic carbocycles. The van der Waals surface area contributed by atoms with Crippen LogP contribution in [0.15, 0.2) is 42.5 Å². The number of aliphatic hydroxyl groups is 1. The molecule has 1 aliphatic heterocycles. The van der Waals surface area contributed by atoms with Gasteiger partial charge in [-0.3, -0.25) is 14.4 Å². The van der Waals surface area contributed by atoms with E-state index in [1.165, 1.54) is 6.92 Å². The summed E-state index contributed by atoms with van der Waals surface area (Å²) < 4.78 is 5.30. The molecule has 2 aromatic carbocycles. The smallest absolute Gasteiger partial charge is 0.326 e. The number of hydrogen-bond acceptors (Lipinski definition) is 8. The van der Waals surface area contributed by atoms with Gasteiger partial charge in [-0.25, -0.2) is 4.79 Å². The van der Waals surface area contributed by atoms with Crippen LogP contribution in [0, 0.1) is 0 Å². The predicted octanol–water partition coefficient (Wildman–Crippen LogP) is -0.531. The zero-order valence-electron chi connectivity index (χ0n) is 19.8. The average molecular weight is 499 g/mol. The number of carbonyl (C=O) groups is 4. The first-order chi connectivity index (χ1) is 17.1. The van der Waals surface area contributed by atoms with Crippen molar-refractivity contribution in [1.82, 2.24) is 10.6 Å². The van der Waals surface area contributed by atoms with Crippen molar-refractivity contribution >= 4 is 23.8 Å².